The molecule has 33 heavy (non-hydrogen) atoms. The van der Waals surface area contributed by atoms with Crippen molar-refractivity contribution < 1.29 is 14.4 Å². The number of hydrogen-bond acceptors (Lipinski definition) is 3. The lowest BCUT2D eigenvalue weighted by atomic mass is 9.88. The molecule has 0 radical (unpaired) electrons. The molecular weight excluding hydrogens is 414 g/mol. The summed E-state index contributed by atoms with van der Waals surface area (Å²) in [7, 11) is 0. The fourth-order valence-electron chi connectivity index (χ4n) is 4.30. The Kier molecular flexibility index (Phi) is 9.04. The van der Waals surface area contributed by atoms with Crippen LogP contribution in [0.25, 0.3) is 0 Å². The summed E-state index contributed by atoms with van der Waals surface area (Å²) in [6.45, 7) is 5.73. The normalized spacial score (nSPS) is 15.0. The van der Waals surface area contributed by atoms with Gasteiger partial charge in [-0.1, -0.05) is 55.0 Å². The number of nitrogens with one attached hydrogen (secondary N) is 2. The van der Waals surface area contributed by atoms with Crippen molar-refractivity contribution in [2.45, 2.75) is 52.0 Å². The molecule has 1 saturated heterocycles. The average molecular weight is 450 g/mol. The van der Waals surface area contributed by atoms with Crippen LogP contribution in [0.2, 0.25) is 0 Å². The number of carbonyl (C=O) groups is 3. The zero-order valence-electron chi connectivity index (χ0n) is 19.7. The van der Waals surface area contributed by atoms with Crippen LogP contribution in [0.5, 0.6) is 0 Å². The summed E-state index contributed by atoms with van der Waals surface area (Å²) in [5.74, 6) is -0.245. The molecule has 1 aliphatic rings. The number of rotatable bonds is 9. The maximum Gasteiger partial charge on any atom is 0.251 e. The predicted octanol–water partition coefficient (Wildman–Crippen LogP) is 3.49. The van der Waals surface area contributed by atoms with Crippen molar-refractivity contribution in [3.05, 3.63) is 71.3 Å². The van der Waals surface area contributed by atoms with Gasteiger partial charge in [-0.3, -0.25) is 14.4 Å². The van der Waals surface area contributed by atoms with E-state index in [0.717, 1.165) is 24.0 Å². The van der Waals surface area contributed by atoms with Crippen molar-refractivity contribution in [1.82, 2.24) is 15.5 Å². The first-order valence-corrected chi connectivity index (χ1v) is 11.9. The van der Waals surface area contributed by atoms with Crippen LogP contribution in [-0.2, 0) is 16.0 Å². The summed E-state index contributed by atoms with van der Waals surface area (Å²) >= 11 is 0. The minimum Gasteiger partial charge on any atom is -0.354 e. The van der Waals surface area contributed by atoms with Gasteiger partial charge in [0.2, 0.25) is 11.8 Å². The van der Waals surface area contributed by atoms with Gasteiger partial charge in [-0.25, -0.2) is 0 Å². The van der Waals surface area contributed by atoms with Gasteiger partial charge in [0.15, 0.2) is 0 Å². The highest BCUT2D eigenvalue weighted by Gasteiger charge is 2.33. The van der Waals surface area contributed by atoms with E-state index in [1.807, 2.05) is 67.3 Å². The first-order chi connectivity index (χ1) is 16.0. The lowest BCUT2D eigenvalue weighted by molar-refractivity contribution is -0.133. The third-order valence-corrected chi connectivity index (χ3v) is 6.23. The molecule has 6 heteroatoms. The second-order valence-corrected chi connectivity index (χ2v) is 8.82. The lowest BCUT2D eigenvalue weighted by Crippen LogP contribution is -2.54. The molecule has 2 aromatic rings. The number of benzene rings is 2. The highest BCUT2D eigenvalue weighted by atomic mass is 16.2. The van der Waals surface area contributed by atoms with Crippen molar-refractivity contribution in [1.29, 1.82) is 0 Å². The monoisotopic (exact) mass is 449 g/mol. The Balaban J connectivity index is 1.59. The first-order valence-electron chi connectivity index (χ1n) is 11.9. The zero-order chi connectivity index (χ0) is 23.6. The summed E-state index contributed by atoms with van der Waals surface area (Å²) in [4.78, 5) is 40.4. The zero-order valence-corrected chi connectivity index (χ0v) is 19.7. The van der Waals surface area contributed by atoms with Crippen molar-refractivity contribution in [3.8, 4) is 0 Å². The average Bonchev–Trinajstić information content (AvgIpc) is 2.85. The molecule has 2 aromatic carbocycles. The van der Waals surface area contributed by atoms with Crippen LogP contribution in [0.4, 0.5) is 0 Å². The number of likely N-dealkylation sites (tertiary alicyclic amines) is 1. The Morgan fingerprint density at radius 1 is 1.03 bits per heavy atom. The number of aryl methyl sites for hydroxylation is 2. The molecule has 1 atom stereocenters. The van der Waals surface area contributed by atoms with Crippen molar-refractivity contribution in [3.63, 3.8) is 0 Å². The molecule has 0 aromatic heterocycles. The van der Waals surface area contributed by atoms with Crippen molar-refractivity contribution in [2.24, 2.45) is 5.92 Å². The van der Waals surface area contributed by atoms with E-state index in [0.29, 0.717) is 44.5 Å². The molecule has 176 valence electrons. The molecule has 1 aliphatic heterocycles. The summed E-state index contributed by atoms with van der Waals surface area (Å²) in [5, 5.41) is 5.91. The molecule has 0 saturated carbocycles. The summed E-state index contributed by atoms with van der Waals surface area (Å²) < 4.78 is 0. The minimum atomic E-state index is -0.605. The lowest BCUT2D eigenvalue weighted by Gasteiger charge is -2.36. The van der Waals surface area contributed by atoms with E-state index in [9.17, 15) is 14.4 Å². The maximum absolute atomic E-state index is 12.9. The quantitative estimate of drug-likeness (QED) is 0.615. The minimum absolute atomic E-state index is 0.00575. The summed E-state index contributed by atoms with van der Waals surface area (Å²) in [6, 6.07) is 16.8. The Bertz CT molecular complexity index is 937. The molecule has 3 amide bonds. The van der Waals surface area contributed by atoms with E-state index >= 15 is 0 Å². The third kappa shape index (κ3) is 7.17. The highest BCUT2D eigenvalue weighted by Crippen LogP contribution is 2.22. The molecule has 1 unspecified atom stereocenters. The molecule has 0 bridgehead atoms. The standard InChI is InChI=1S/C27H35N3O3/c1-3-16-28-27(33)25(29-26(32)23-11-7-8-20(2)19-23)22-14-17-30(18-15-22)24(31)13-12-21-9-5-4-6-10-21/h4-11,19,22,25H,3,12-18H2,1-2H3,(H,28,33)(H,29,32). The molecular formula is C27H35N3O3. The van der Waals surface area contributed by atoms with Gasteiger partial charge in [-0.2, -0.15) is 0 Å². The van der Waals surface area contributed by atoms with E-state index in [2.05, 4.69) is 10.6 Å². The van der Waals surface area contributed by atoms with Crippen LogP contribution in [-0.4, -0.2) is 48.3 Å². The molecule has 1 heterocycles. The molecule has 3 rings (SSSR count). The van der Waals surface area contributed by atoms with Crippen LogP contribution < -0.4 is 10.6 Å². The predicted molar refractivity (Wildman–Crippen MR) is 130 cm³/mol. The first kappa shape index (κ1) is 24.5. The molecule has 6 nitrogen and oxygen atoms in total. The van der Waals surface area contributed by atoms with Gasteiger partial charge in [-0.05, 0) is 56.2 Å². The van der Waals surface area contributed by atoms with Gasteiger partial charge < -0.3 is 15.5 Å². The third-order valence-electron chi connectivity index (χ3n) is 6.23. The van der Waals surface area contributed by atoms with Gasteiger partial charge >= 0.3 is 0 Å². The summed E-state index contributed by atoms with van der Waals surface area (Å²) in [5.41, 5.74) is 2.71. The number of hydrogen-bond donors (Lipinski definition) is 2. The van der Waals surface area contributed by atoms with Crippen LogP contribution in [0.15, 0.2) is 54.6 Å². The SMILES string of the molecule is CCCNC(=O)C(NC(=O)c1cccc(C)c1)C1CCN(C(=O)CCc2ccccc2)CC1. The Labute approximate surface area is 196 Å². The van der Waals surface area contributed by atoms with Gasteiger partial charge in [0.25, 0.3) is 5.91 Å². The van der Waals surface area contributed by atoms with Crippen molar-refractivity contribution >= 4 is 17.7 Å². The second kappa shape index (κ2) is 12.2. The largest absolute Gasteiger partial charge is 0.354 e. The van der Waals surface area contributed by atoms with E-state index < -0.39 is 6.04 Å². The fraction of sp³-hybridized carbons (Fsp3) is 0.444. The topological polar surface area (TPSA) is 78.5 Å². The van der Waals surface area contributed by atoms with E-state index in [4.69, 9.17) is 0 Å². The molecule has 0 spiro atoms. The van der Waals surface area contributed by atoms with Gasteiger partial charge in [0, 0.05) is 31.6 Å². The highest BCUT2D eigenvalue weighted by molar-refractivity contribution is 5.97. The van der Waals surface area contributed by atoms with E-state index in [1.54, 1.807) is 6.07 Å². The van der Waals surface area contributed by atoms with Crippen LogP contribution in [0.1, 0.15) is 54.1 Å². The van der Waals surface area contributed by atoms with Crippen LogP contribution in [0.3, 0.4) is 0 Å². The molecule has 1 fully saturated rings. The van der Waals surface area contributed by atoms with Crippen LogP contribution in [0, 0.1) is 12.8 Å². The number of nitrogens with zero attached hydrogens (tertiary/aromatic N) is 1. The number of amides is 3. The van der Waals surface area contributed by atoms with E-state index in [-0.39, 0.29) is 23.6 Å². The van der Waals surface area contributed by atoms with Gasteiger partial charge in [-0.15, -0.1) is 0 Å². The van der Waals surface area contributed by atoms with E-state index in [1.165, 1.54) is 0 Å². The van der Waals surface area contributed by atoms with Gasteiger partial charge in [0.05, 0.1) is 0 Å². The Hall–Kier alpha value is -3.15. The molecule has 2 N–H and O–H groups in total. The Morgan fingerprint density at radius 2 is 1.76 bits per heavy atom. The number of carbonyl (C=O) groups excluding carboxylic acids is 3. The van der Waals surface area contributed by atoms with Gasteiger partial charge in [0.1, 0.15) is 6.04 Å². The van der Waals surface area contributed by atoms with Crippen molar-refractivity contribution in [2.75, 3.05) is 19.6 Å². The van der Waals surface area contributed by atoms with Crippen LogP contribution >= 0.6 is 0 Å². The fourth-order valence-corrected chi connectivity index (χ4v) is 4.30. The maximum atomic E-state index is 12.9. The summed E-state index contributed by atoms with van der Waals surface area (Å²) in [6.07, 6.45) is 3.43. The molecule has 0 aliphatic carbocycles. The number of piperidine rings is 1. The smallest absolute Gasteiger partial charge is 0.251 e. The Morgan fingerprint density at radius 3 is 2.42 bits per heavy atom. The second-order valence-electron chi connectivity index (χ2n) is 8.82.